The largest absolute Gasteiger partial charge is 0.392 e. The molecule has 1 aromatic rings. The maximum Gasteiger partial charge on any atom is 0.224 e. The number of carbonyl (C=O) groups excluding carboxylic acids is 1. The van der Waals surface area contributed by atoms with Crippen LogP contribution < -0.4 is 11.1 Å². The fourth-order valence-electron chi connectivity index (χ4n) is 1.60. The fraction of sp³-hybridized carbons (Fsp3) is 0.462. The van der Waals surface area contributed by atoms with Crippen molar-refractivity contribution < 1.29 is 9.90 Å². The number of aliphatic hydroxyl groups excluding tert-OH is 1. The molecule has 0 radical (unpaired) electrons. The Labute approximate surface area is 102 Å². The van der Waals surface area contributed by atoms with E-state index in [1.165, 1.54) is 0 Å². The molecule has 4 nitrogen and oxygen atoms in total. The number of benzene rings is 1. The van der Waals surface area contributed by atoms with Gasteiger partial charge in [-0.05, 0) is 25.5 Å². The molecule has 0 spiro atoms. The predicted octanol–water partition coefficient (Wildman–Crippen LogP) is 1.64. The van der Waals surface area contributed by atoms with Crippen molar-refractivity contribution in [2.24, 2.45) is 5.73 Å². The van der Waals surface area contributed by atoms with E-state index in [2.05, 4.69) is 5.32 Å². The third-order valence-corrected chi connectivity index (χ3v) is 2.57. The third kappa shape index (κ3) is 4.97. The topological polar surface area (TPSA) is 75.4 Å². The zero-order chi connectivity index (χ0) is 12.5. The minimum absolute atomic E-state index is 0.0112. The average Bonchev–Trinajstić information content (AvgIpc) is 2.35. The lowest BCUT2D eigenvalue weighted by Gasteiger charge is -2.08. The van der Waals surface area contributed by atoms with Gasteiger partial charge in [0.1, 0.15) is 0 Å². The molecule has 0 fully saturated rings. The molecule has 0 aliphatic rings. The van der Waals surface area contributed by atoms with Gasteiger partial charge in [-0.1, -0.05) is 24.6 Å². The number of anilines is 1. The van der Waals surface area contributed by atoms with E-state index in [1.807, 2.05) is 12.1 Å². The molecule has 17 heavy (non-hydrogen) atoms. The van der Waals surface area contributed by atoms with Crippen LogP contribution in [0.4, 0.5) is 5.69 Å². The van der Waals surface area contributed by atoms with Gasteiger partial charge in [-0.15, -0.1) is 0 Å². The van der Waals surface area contributed by atoms with Crippen molar-refractivity contribution in [2.75, 3.05) is 11.9 Å². The maximum atomic E-state index is 11.6. The number of hydrogen-bond acceptors (Lipinski definition) is 3. The quantitative estimate of drug-likeness (QED) is 0.630. The van der Waals surface area contributed by atoms with Crippen LogP contribution in [0.3, 0.4) is 0 Å². The highest BCUT2D eigenvalue weighted by Crippen LogP contribution is 2.15. The first-order chi connectivity index (χ1) is 8.27. The van der Waals surface area contributed by atoms with E-state index in [0.29, 0.717) is 18.7 Å². The predicted molar refractivity (Wildman–Crippen MR) is 68.5 cm³/mol. The Morgan fingerprint density at radius 3 is 2.71 bits per heavy atom. The first-order valence-electron chi connectivity index (χ1n) is 5.96. The van der Waals surface area contributed by atoms with Crippen LogP contribution in [0.25, 0.3) is 0 Å². The molecule has 4 N–H and O–H groups in total. The summed E-state index contributed by atoms with van der Waals surface area (Å²) < 4.78 is 0. The number of hydrogen-bond donors (Lipinski definition) is 3. The van der Waals surface area contributed by atoms with E-state index in [4.69, 9.17) is 10.8 Å². The number of aliphatic hydroxyl groups is 1. The van der Waals surface area contributed by atoms with E-state index in [-0.39, 0.29) is 12.5 Å². The lowest BCUT2D eigenvalue weighted by Crippen LogP contribution is -2.12. The lowest BCUT2D eigenvalue weighted by molar-refractivity contribution is -0.116. The highest BCUT2D eigenvalue weighted by Gasteiger charge is 2.05. The van der Waals surface area contributed by atoms with Gasteiger partial charge in [0.2, 0.25) is 5.91 Å². The summed E-state index contributed by atoms with van der Waals surface area (Å²) in [5.74, 6) is -0.0112. The van der Waals surface area contributed by atoms with Crippen LogP contribution in [-0.4, -0.2) is 17.6 Å². The van der Waals surface area contributed by atoms with Gasteiger partial charge in [0.05, 0.1) is 6.61 Å². The van der Waals surface area contributed by atoms with Crippen molar-refractivity contribution in [2.45, 2.75) is 32.3 Å². The van der Waals surface area contributed by atoms with E-state index < -0.39 is 0 Å². The Hall–Kier alpha value is -1.39. The molecule has 0 atom stereocenters. The van der Waals surface area contributed by atoms with Gasteiger partial charge in [0.25, 0.3) is 0 Å². The molecule has 0 saturated carbocycles. The van der Waals surface area contributed by atoms with Crippen molar-refractivity contribution >= 4 is 11.6 Å². The molecule has 94 valence electrons. The molecule has 0 aliphatic heterocycles. The second-order valence-corrected chi connectivity index (χ2v) is 3.96. The van der Waals surface area contributed by atoms with Gasteiger partial charge in [-0.3, -0.25) is 4.79 Å². The summed E-state index contributed by atoms with van der Waals surface area (Å²) in [6, 6.07) is 7.26. The van der Waals surface area contributed by atoms with Crippen molar-refractivity contribution in [3.8, 4) is 0 Å². The molecule has 0 aromatic heterocycles. The zero-order valence-electron chi connectivity index (χ0n) is 9.98. The molecule has 1 aromatic carbocycles. The van der Waals surface area contributed by atoms with E-state index in [0.717, 1.165) is 24.8 Å². The summed E-state index contributed by atoms with van der Waals surface area (Å²) >= 11 is 0. The number of carbonyl (C=O) groups is 1. The molecule has 0 aliphatic carbocycles. The molecule has 0 heterocycles. The smallest absolute Gasteiger partial charge is 0.224 e. The van der Waals surface area contributed by atoms with Crippen LogP contribution in [0.5, 0.6) is 0 Å². The number of nitrogens with two attached hydrogens (primary N) is 1. The van der Waals surface area contributed by atoms with Crippen molar-refractivity contribution in [3.05, 3.63) is 29.8 Å². The zero-order valence-corrected chi connectivity index (χ0v) is 9.98. The van der Waals surface area contributed by atoms with Gasteiger partial charge >= 0.3 is 0 Å². The highest BCUT2D eigenvalue weighted by atomic mass is 16.3. The van der Waals surface area contributed by atoms with Gasteiger partial charge in [0.15, 0.2) is 0 Å². The van der Waals surface area contributed by atoms with Gasteiger partial charge < -0.3 is 16.2 Å². The van der Waals surface area contributed by atoms with E-state index in [9.17, 15) is 4.79 Å². The highest BCUT2D eigenvalue weighted by molar-refractivity contribution is 5.91. The second kappa shape index (κ2) is 7.81. The number of amides is 1. The summed E-state index contributed by atoms with van der Waals surface area (Å²) in [5.41, 5.74) is 6.81. The minimum atomic E-state index is -0.0658. The van der Waals surface area contributed by atoms with Gasteiger partial charge in [-0.25, -0.2) is 0 Å². The van der Waals surface area contributed by atoms with E-state index in [1.54, 1.807) is 12.1 Å². The Morgan fingerprint density at radius 2 is 2.00 bits per heavy atom. The van der Waals surface area contributed by atoms with Crippen LogP contribution in [0.1, 0.15) is 31.2 Å². The number of unbranched alkanes of at least 4 members (excludes halogenated alkanes) is 2. The maximum absolute atomic E-state index is 11.6. The summed E-state index contributed by atoms with van der Waals surface area (Å²) in [4.78, 5) is 11.6. The molecule has 0 unspecified atom stereocenters. The van der Waals surface area contributed by atoms with Gasteiger partial charge in [-0.2, -0.15) is 0 Å². The third-order valence-electron chi connectivity index (χ3n) is 2.57. The van der Waals surface area contributed by atoms with E-state index >= 15 is 0 Å². The van der Waals surface area contributed by atoms with Crippen molar-refractivity contribution in [1.82, 2.24) is 0 Å². The molecular weight excluding hydrogens is 216 g/mol. The second-order valence-electron chi connectivity index (χ2n) is 3.96. The molecule has 0 bridgehead atoms. The first-order valence-corrected chi connectivity index (χ1v) is 5.96. The van der Waals surface area contributed by atoms with Crippen LogP contribution in [0.15, 0.2) is 24.3 Å². The molecule has 4 heteroatoms. The first kappa shape index (κ1) is 13.7. The molecule has 1 rings (SSSR count). The minimum Gasteiger partial charge on any atom is -0.392 e. The van der Waals surface area contributed by atoms with Crippen LogP contribution in [0.2, 0.25) is 0 Å². The number of rotatable bonds is 7. The van der Waals surface area contributed by atoms with Gasteiger partial charge in [0, 0.05) is 17.7 Å². The van der Waals surface area contributed by atoms with Crippen LogP contribution >= 0.6 is 0 Å². The Bertz CT molecular complexity index is 353. The molecule has 1 amide bonds. The van der Waals surface area contributed by atoms with Crippen LogP contribution in [0, 0.1) is 0 Å². The van der Waals surface area contributed by atoms with Crippen LogP contribution in [-0.2, 0) is 11.4 Å². The lowest BCUT2D eigenvalue weighted by atomic mass is 10.1. The summed E-state index contributed by atoms with van der Waals surface area (Å²) in [7, 11) is 0. The Morgan fingerprint density at radius 1 is 1.24 bits per heavy atom. The SMILES string of the molecule is NCCCCCC(=O)Nc1ccccc1CO. The normalized spacial score (nSPS) is 10.2. The number of para-hydroxylation sites is 1. The molecular formula is C13H20N2O2. The monoisotopic (exact) mass is 236 g/mol. The summed E-state index contributed by atoms with van der Waals surface area (Å²) in [6.07, 6.45) is 3.29. The Balaban J connectivity index is 2.39. The summed E-state index contributed by atoms with van der Waals surface area (Å²) in [6.45, 7) is 0.610. The standard InChI is InChI=1S/C13H20N2O2/c14-9-5-1-2-8-13(17)15-12-7-4-3-6-11(12)10-16/h3-4,6-7,16H,1-2,5,8-10,14H2,(H,15,17). The molecule has 0 saturated heterocycles. The fourth-order valence-corrected chi connectivity index (χ4v) is 1.60. The summed E-state index contributed by atoms with van der Waals surface area (Å²) in [5, 5.41) is 11.9. The van der Waals surface area contributed by atoms with Crippen molar-refractivity contribution in [1.29, 1.82) is 0 Å². The Kier molecular flexibility index (Phi) is 6.29. The number of nitrogens with one attached hydrogen (secondary N) is 1. The van der Waals surface area contributed by atoms with Crippen molar-refractivity contribution in [3.63, 3.8) is 0 Å². The average molecular weight is 236 g/mol.